The van der Waals surface area contributed by atoms with Gasteiger partial charge in [0.2, 0.25) is 0 Å². The van der Waals surface area contributed by atoms with Crippen LogP contribution in [-0.2, 0) is 9.53 Å². The van der Waals surface area contributed by atoms with Crippen LogP contribution >= 0.6 is 11.8 Å². The van der Waals surface area contributed by atoms with E-state index in [1.165, 1.54) is 22.7 Å². The highest BCUT2D eigenvalue weighted by atomic mass is 32.2. The molecule has 10 heteroatoms. The predicted octanol–water partition coefficient (Wildman–Crippen LogP) is 5.23. The Balaban J connectivity index is 1.33. The number of nitro groups is 1. The van der Waals surface area contributed by atoms with E-state index in [0.717, 1.165) is 37.7 Å². The first-order chi connectivity index (χ1) is 17.4. The molecule has 2 aliphatic rings. The number of aliphatic imine (C=N–C) groups is 1. The zero-order chi connectivity index (χ0) is 25.2. The first kappa shape index (κ1) is 23.8. The van der Waals surface area contributed by atoms with Crippen LogP contribution in [0, 0.1) is 17.0 Å². The number of furan rings is 1. The number of likely N-dealkylation sites (N-methyl/N-ethyl adjacent to an activating group) is 1. The molecule has 0 unspecified atom stereocenters. The van der Waals surface area contributed by atoms with Crippen molar-refractivity contribution >= 4 is 46.0 Å². The van der Waals surface area contributed by atoms with Crippen molar-refractivity contribution < 1.29 is 18.9 Å². The van der Waals surface area contributed by atoms with Crippen LogP contribution in [-0.4, -0.2) is 54.2 Å². The number of amidine groups is 1. The summed E-state index contributed by atoms with van der Waals surface area (Å²) in [7, 11) is 1.69. The molecule has 2 fully saturated rings. The standard InChI is InChI=1S/C26H24N4O5S/c1-17-3-4-18(15-22(17)30(32)33)23-10-9-21(35-23)16-24-25(31)28(2)26(36-24)27-19-5-7-20(8-6-19)29-11-13-34-14-12-29/h3-10,15-16H,11-14H2,1-2H3/b24-16-,27-26?. The van der Waals surface area contributed by atoms with Crippen molar-refractivity contribution in [3.63, 3.8) is 0 Å². The van der Waals surface area contributed by atoms with Gasteiger partial charge in [0.25, 0.3) is 11.6 Å². The van der Waals surface area contributed by atoms with Crippen LogP contribution in [0.3, 0.4) is 0 Å². The highest BCUT2D eigenvalue weighted by Gasteiger charge is 2.30. The second kappa shape index (κ2) is 10.00. The van der Waals surface area contributed by atoms with Crippen LogP contribution < -0.4 is 4.90 Å². The maximum absolute atomic E-state index is 12.8. The van der Waals surface area contributed by atoms with E-state index in [9.17, 15) is 14.9 Å². The second-order valence-electron chi connectivity index (χ2n) is 8.45. The summed E-state index contributed by atoms with van der Waals surface area (Å²) in [6.45, 7) is 4.88. The SMILES string of the molecule is Cc1ccc(-c2ccc(/C=C3\SC(=Nc4ccc(N5CCOCC5)cc4)N(C)C3=O)o2)cc1[N+](=O)[O-]. The van der Waals surface area contributed by atoms with Crippen molar-refractivity contribution in [2.24, 2.45) is 4.99 Å². The normalized spacial score (nSPS) is 18.4. The minimum Gasteiger partial charge on any atom is -0.457 e. The molecule has 0 aliphatic carbocycles. The van der Waals surface area contributed by atoms with Gasteiger partial charge in [-0.05, 0) is 55.1 Å². The lowest BCUT2D eigenvalue weighted by Crippen LogP contribution is -2.36. The number of nitrogens with zero attached hydrogens (tertiary/aromatic N) is 4. The number of carbonyl (C=O) groups excluding carboxylic acids is 1. The highest BCUT2D eigenvalue weighted by Crippen LogP contribution is 2.35. The van der Waals surface area contributed by atoms with Gasteiger partial charge in [-0.3, -0.25) is 19.8 Å². The lowest BCUT2D eigenvalue weighted by molar-refractivity contribution is -0.385. The molecule has 3 aromatic rings. The minimum absolute atomic E-state index is 0.0331. The number of aryl methyl sites for hydroxylation is 1. The minimum atomic E-state index is -0.411. The summed E-state index contributed by atoms with van der Waals surface area (Å²) in [5.74, 6) is 0.796. The topological polar surface area (TPSA) is 101 Å². The summed E-state index contributed by atoms with van der Waals surface area (Å²) in [4.78, 5) is 32.6. The highest BCUT2D eigenvalue weighted by molar-refractivity contribution is 8.18. The Morgan fingerprint density at radius 2 is 1.83 bits per heavy atom. The van der Waals surface area contributed by atoms with E-state index < -0.39 is 4.92 Å². The van der Waals surface area contributed by atoms with Crippen molar-refractivity contribution in [2.45, 2.75) is 6.92 Å². The summed E-state index contributed by atoms with van der Waals surface area (Å²) in [6, 6.07) is 16.4. The lowest BCUT2D eigenvalue weighted by atomic mass is 10.1. The molecule has 2 aromatic carbocycles. The lowest BCUT2D eigenvalue weighted by Gasteiger charge is -2.28. The van der Waals surface area contributed by atoms with Crippen LogP contribution in [0.4, 0.5) is 17.1 Å². The summed E-state index contributed by atoms with van der Waals surface area (Å²) in [5.41, 5.74) is 3.10. The Morgan fingerprint density at radius 3 is 2.56 bits per heavy atom. The first-order valence-corrected chi connectivity index (χ1v) is 12.2. The van der Waals surface area contributed by atoms with Gasteiger partial charge >= 0.3 is 0 Å². The molecule has 0 saturated carbocycles. The molecule has 0 radical (unpaired) electrons. The van der Waals surface area contributed by atoms with E-state index >= 15 is 0 Å². The van der Waals surface area contributed by atoms with Gasteiger partial charge in [0, 0.05) is 49.1 Å². The monoisotopic (exact) mass is 504 g/mol. The quantitative estimate of drug-likeness (QED) is 0.266. The number of hydrogen-bond donors (Lipinski definition) is 0. The van der Waals surface area contributed by atoms with Crippen LogP contribution in [0.5, 0.6) is 0 Å². The molecule has 0 atom stereocenters. The van der Waals surface area contributed by atoms with E-state index in [0.29, 0.717) is 32.7 Å². The summed E-state index contributed by atoms with van der Waals surface area (Å²) >= 11 is 1.27. The number of hydrogen-bond acceptors (Lipinski definition) is 8. The van der Waals surface area contributed by atoms with Crippen molar-refractivity contribution in [3.05, 3.63) is 80.9 Å². The molecule has 184 valence electrons. The summed E-state index contributed by atoms with van der Waals surface area (Å²) < 4.78 is 11.3. The van der Waals surface area contributed by atoms with Crippen LogP contribution in [0.2, 0.25) is 0 Å². The average molecular weight is 505 g/mol. The van der Waals surface area contributed by atoms with Gasteiger partial charge in [0.15, 0.2) is 5.17 Å². The fraction of sp³-hybridized carbons (Fsp3) is 0.231. The number of carbonyl (C=O) groups is 1. The maximum atomic E-state index is 12.8. The molecule has 5 rings (SSSR count). The molecule has 0 N–H and O–H groups in total. The fourth-order valence-corrected chi connectivity index (χ4v) is 4.96. The van der Waals surface area contributed by atoms with Gasteiger partial charge in [-0.1, -0.05) is 12.1 Å². The Morgan fingerprint density at radius 1 is 1.08 bits per heavy atom. The Bertz CT molecular complexity index is 1370. The van der Waals surface area contributed by atoms with E-state index in [2.05, 4.69) is 9.89 Å². The van der Waals surface area contributed by atoms with Gasteiger partial charge in [-0.2, -0.15) is 0 Å². The zero-order valence-corrected chi connectivity index (χ0v) is 20.7. The smallest absolute Gasteiger partial charge is 0.273 e. The van der Waals surface area contributed by atoms with Gasteiger partial charge in [0.1, 0.15) is 11.5 Å². The number of amides is 1. The number of benzene rings is 2. The molecule has 0 spiro atoms. The predicted molar refractivity (Wildman–Crippen MR) is 140 cm³/mol. The Hall–Kier alpha value is -3.89. The number of rotatable bonds is 5. The van der Waals surface area contributed by atoms with Crippen LogP contribution in [0.15, 0.2) is 68.9 Å². The molecule has 36 heavy (non-hydrogen) atoms. The third-order valence-corrected chi connectivity index (χ3v) is 7.10. The van der Waals surface area contributed by atoms with Gasteiger partial charge in [-0.15, -0.1) is 0 Å². The first-order valence-electron chi connectivity index (χ1n) is 11.4. The maximum Gasteiger partial charge on any atom is 0.273 e. The fourth-order valence-electron chi connectivity index (χ4n) is 4.00. The molecule has 9 nitrogen and oxygen atoms in total. The van der Waals surface area contributed by atoms with E-state index in [-0.39, 0.29) is 11.6 Å². The van der Waals surface area contributed by atoms with E-state index in [4.69, 9.17) is 9.15 Å². The molecule has 1 amide bonds. The number of nitro benzene ring substituents is 1. The molecule has 1 aromatic heterocycles. The summed E-state index contributed by atoms with van der Waals surface area (Å²) in [5, 5.41) is 11.8. The molecule has 2 aliphatic heterocycles. The largest absolute Gasteiger partial charge is 0.457 e. The number of ether oxygens (including phenoxy) is 1. The van der Waals surface area contributed by atoms with Crippen LogP contribution in [0.1, 0.15) is 11.3 Å². The van der Waals surface area contributed by atoms with E-state index in [1.54, 1.807) is 44.3 Å². The zero-order valence-electron chi connectivity index (χ0n) is 19.8. The van der Waals surface area contributed by atoms with Crippen molar-refractivity contribution in [1.29, 1.82) is 0 Å². The van der Waals surface area contributed by atoms with Crippen molar-refractivity contribution in [2.75, 3.05) is 38.3 Å². The molecule has 3 heterocycles. The Labute approximate surface area is 212 Å². The molecular formula is C26H24N4O5S. The molecular weight excluding hydrogens is 480 g/mol. The molecule has 2 saturated heterocycles. The number of morpholine rings is 1. The van der Waals surface area contributed by atoms with Gasteiger partial charge < -0.3 is 14.1 Å². The third kappa shape index (κ3) is 4.91. The van der Waals surface area contributed by atoms with Crippen molar-refractivity contribution in [3.8, 4) is 11.3 Å². The van der Waals surface area contributed by atoms with Crippen molar-refractivity contribution in [1.82, 2.24) is 4.90 Å². The second-order valence-corrected chi connectivity index (χ2v) is 9.45. The van der Waals surface area contributed by atoms with Gasteiger partial charge in [-0.25, -0.2) is 4.99 Å². The summed E-state index contributed by atoms with van der Waals surface area (Å²) in [6.07, 6.45) is 1.67. The van der Waals surface area contributed by atoms with Crippen LogP contribution in [0.25, 0.3) is 17.4 Å². The number of thioether (sulfide) groups is 1. The number of anilines is 1. The molecule has 0 bridgehead atoms. The third-order valence-electron chi connectivity index (χ3n) is 6.04. The van der Waals surface area contributed by atoms with E-state index in [1.807, 2.05) is 24.3 Å². The average Bonchev–Trinajstić information content (AvgIpc) is 3.46. The van der Waals surface area contributed by atoms with Gasteiger partial charge in [0.05, 0.1) is 28.7 Å². The Kier molecular flexibility index (Phi) is 6.62.